The zero-order valence-corrected chi connectivity index (χ0v) is 15.7. The van der Waals surface area contributed by atoms with Crippen molar-refractivity contribution in [1.29, 1.82) is 0 Å². The van der Waals surface area contributed by atoms with E-state index in [9.17, 15) is 9.59 Å². The molecule has 0 saturated carbocycles. The number of aryl methyl sites for hydroxylation is 1. The average molecular weight is 378 g/mol. The maximum absolute atomic E-state index is 12.9. The highest BCUT2D eigenvalue weighted by molar-refractivity contribution is 6.05. The Morgan fingerprint density at radius 1 is 1.25 bits per heavy atom. The molecule has 0 aliphatic carbocycles. The lowest BCUT2D eigenvalue weighted by Crippen LogP contribution is -2.32. The summed E-state index contributed by atoms with van der Waals surface area (Å²) in [7, 11) is 0. The first-order valence-electron chi connectivity index (χ1n) is 9.33. The molecular weight excluding hydrogens is 356 g/mol. The van der Waals surface area contributed by atoms with Crippen LogP contribution in [0.2, 0.25) is 0 Å². The van der Waals surface area contributed by atoms with E-state index in [0.717, 1.165) is 25.1 Å². The molecule has 1 fully saturated rings. The van der Waals surface area contributed by atoms with Gasteiger partial charge in [0.25, 0.3) is 11.5 Å². The lowest BCUT2D eigenvalue weighted by Gasteiger charge is -2.14. The molecule has 3 aromatic rings. The molecule has 1 N–H and O–H groups in total. The van der Waals surface area contributed by atoms with Gasteiger partial charge in [-0.3, -0.25) is 9.59 Å². The number of benzene rings is 1. The van der Waals surface area contributed by atoms with Crippen LogP contribution in [0.3, 0.4) is 0 Å². The van der Waals surface area contributed by atoms with Gasteiger partial charge in [-0.05, 0) is 55.7 Å². The molecule has 2 aromatic heterocycles. The zero-order valence-electron chi connectivity index (χ0n) is 15.7. The van der Waals surface area contributed by atoms with Crippen molar-refractivity contribution >= 4 is 11.6 Å². The quantitative estimate of drug-likeness (QED) is 0.741. The molecule has 0 bridgehead atoms. The third-order valence-electron chi connectivity index (χ3n) is 4.95. The summed E-state index contributed by atoms with van der Waals surface area (Å²) in [4.78, 5) is 29.7. The molecule has 4 rings (SSSR count). The Kier molecular flexibility index (Phi) is 5.08. The van der Waals surface area contributed by atoms with E-state index in [2.05, 4.69) is 10.3 Å². The Labute approximate surface area is 162 Å². The predicted molar refractivity (Wildman–Crippen MR) is 106 cm³/mol. The van der Waals surface area contributed by atoms with Crippen LogP contribution in [0.25, 0.3) is 5.69 Å². The molecule has 1 aliphatic heterocycles. The summed E-state index contributed by atoms with van der Waals surface area (Å²) in [6.07, 6.45) is 8.96. The third-order valence-corrected chi connectivity index (χ3v) is 4.95. The Morgan fingerprint density at radius 3 is 2.75 bits per heavy atom. The Balaban J connectivity index is 1.53. The van der Waals surface area contributed by atoms with E-state index in [1.807, 2.05) is 22.9 Å². The number of amides is 1. The van der Waals surface area contributed by atoms with E-state index in [-0.39, 0.29) is 17.2 Å². The van der Waals surface area contributed by atoms with Gasteiger partial charge < -0.3 is 19.2 Å². The van der Waals surface area contributed by atoms with Gasteiger partial charge in [-0.1, -0.05) is 0 Å². The number of nitrogens with zero attached hydrogens (tertiary/aromatic N) is 3. The average Bonchev–Trinajstić information content (AvgIpc) is 3.39. The second kappa shape index (κ2) is 7.82. The number of carbonyl (C=O) groups is 1. The summed E-state index contributed by atoms with van der Waals surface area (Å²) >= 11 is 0. The summed E-state index contributed by atoms with van der Waals surface area (Å²) in [5.74, 6) is -0.403. The van der Waals surface area contributed by atoms with Crippen molar-refractivity contribution in [3.8, 4) is 5.69 Å². The van der Waals surface area contributed by atoms with Crippen LogP contribution >= 0.6 is 0 Å². The minimum atomic E-state index is -0.403. The first kappa shape index (κ1) is 18.2. The van der Waals surface area contributed by atoms with Gasteiger partial charge in [-0.15, -0.1) is 0 Å². The van der Waals surface area contributed by atoms with Gasteiger partial charge in [0.15, 0.2) is 0 Å². The first-order chi connectivity index (χ1) is 13.6. The number of nitrogens with one attached hydrogen (secondary N) is 1. The molecule has 0 spiro atoms. The fraction of sp³-hybridized carbons (Fsp3) is 0.286. The summed E-state index contributed by atoms with van der Waals surface area (Å²) in [5.41, 5.74) is 2.09. The molecule has 1 aromatic carbocycles. The summed E-state index contributed by atoms with van der Waals surface area (Å²) in [6.45, 7) is 2.97. The van der Waals surface area contributed by atoms with Crippen molar-refractivity contribution < 1.29 is 9.53 Å². The third kappa shape index (κ3) is 3.75. The predicted octanol–water partition coefficient (Wildman–Crippen LogP) is 2.77. The van der Waals surface area contributed by atoms with Crippen LogP contribution in [0, 0.1) is 6.92 Å². The Morgan fingerprint density at radius 2 is 2.07 bits per heavy atom. The van der Waals surface area contributed by atoms with E-state index in [1.165, 1.54) is 0 Å². The molecule has 1 unspecified atom stereocenters. The molecule has 3 heterocycles. The van der Waals surface area contributed by atoms with Crippen LogP contribution < -0.4 is 10.9 Å². The van der Waals surface area contributed by atoms with Crippen molar-refractivity contribution in [3.05, 3.63) is 76.7 Å². The van der Waals surface area contributed by atoms with Crippen LogP contribution in [-0.4, -0.2) is 32.7 Å². The van der Waals surface area contributed by atoms with Gasteiger partial charge in [0.2, 0.25) is 0 Å². The number of ether oxygens (including phenoxy) is 1. The van der Waals surface area contributed by atoms with Gasteiger partial charge in [0.1, 0.15) is 5.56 Å². The number of hydrogen-bond acceptors (Lipinski definition) is 4. The summed E-state index contributed by atoms with van der Waals surface area (Å²) < 4.78 is 9.05. The zero-order chi connectivity index (χ0) is 19.5. The highest BCUT2D eigenvalue weighted by Crippen LogP contribution is 2.16. The number of carbonyl (C=O) groups excluding carboxylic acids is 1. The second-order valence-electron chi connectivity index (χ2n) is 6.94. The second-order valence-corrected chi connectivity index (χ2v) is 6.94. The highest BCUT2D eigenvalue weighted by Gasteiger charge is 2.20. The first-order valence-corrected chi connectivity index (χ1v) is 9.33. The number of aromatic nitrogens is 3. The molecule has 1 aliphatic rings. The van der Waals surface area contributed by atoms with E-state index in [0.29, 0.717) is 17.8 Å². The van der Waals surface area contributed by atoms with Crippen LogP contribution in [-0.2, 0) is 11.3 Å². The van der Waals surface area contributed by atoms with Crippen molar-refractivity contribution in [2.75, 3.05) is 11.9 Å². The minimum absolute atomic E-state index is 0.0343. The molecule has 7 nitrogen and oxygen atoms in total. The largest absolute Gasteiger partial charge is 0.376 e. The van der Waals surface area contributed by atoms with Gasteiger partial charge in [-0.25, -0.2) is 4.98 Å². The monoisotopic (exact) mass is 378 g/mol. The van der Waals surface area contributed by atoms with Crippen molar-refractivity contribution in [2.24, 2.45) is 0 Å². The van der Waals surface area contributed by atoms with Crippen molar-refractivity contribution in [3.63, 3.8) is 0 Å². The smallest absolute Gasteiger partial charge is 0.263 e. The van der Waals surface area contributed by atoms with Crippen molar-refractivity contribution in [1.82, 2.24) is 14.1 Å². The van der Waals surface area contributed by atoms with Crippen LogP contribution in [0.5, 0.6) is 0 Å². The molecule has 144 valence electrons. The number of pyridine rings is 1. The van der Waals surface area contributed by atoms with Crippen LogP contribution in [0.1, 0.15) is 28.8 Å². The fourth-order valence-electron chi connectivity index (χ4n) is 3.42. The van der Waals surface area contributed by atoms with Gasteiger partial charge in [-0.2, -0.15) is 0 Å². The van der Waals surface area contributed by atoms with E-state index in [4.69, 9.17) is 4.74 Å². The summed E-state index contributed by atoms with van der Waals surface area (Å²) in [5, 5.41) is 2.82. The highest BCUT2D eigenvalue weighted by atomic mass is 16.5. The van der Waals surface area contributed by atoms with Gasteiger partial charge in [0, 0.05) is 36.6 Å². The number of imidazole rings is 1. The molecule has 0 radical (unpaired) electrons. The summed E-state index contributed by atoms with van der Waals surface area (Å²) in [6, 6.07) is 9.16. The maximum atomic E-state index is 12.9. The number of anilines is 1. The van der Waals surface area contributed by atoms with Gasteiger partial charge >= 0.3 is 0 Å². The Hall–Kier alpha value is -3.19. The van der Waals surface area contributed by atoms with E-state index in [1.54, 1.807) is 48.4 Å². The molecule has 28 heavy (non-hydrogen) atoms. The van der Waals surface area contributed by atoms with Crippen LogP contribution in [0.4, 0.5) is 5.69 Å². The molecular formula is C21H22N4O3. The molecule has 1 atom stereocenters. The lowest BCUT2D eigenvalue weighted by molar-refractivity contribution is 0.0952. The lowest BCUT2D eigenvalue weighted by atomic mass is 10.1. The van der Waals surface area contributed by atoms with Crippen molar-refractivity contribution in [2.45, 2.75) is 32.4 Å². The molecule has 1 saturated heterocycles. The minimum Gasteiger partial charge on any atom is -0.376 e. The fourth-order valence-corrected chi connectivity index (χ4v) is 3.42. The van der Waals surface area contributed by atoms with Gasteiger partial charge in [0.05, 0.1) is 19.0 Å². The van der Waals surface area contributed by atoms with Crippen LogP contribution in [0.15, 0.2) is 60.0 Å². The molecule has 7 heteroatoms. The molecule has 1 amide bonds. The standard InChI is InChI=1S/C21H22N4O3/c1-15-8-10-24(13-18-3-2-12-28-18)21(27)19(15)20(26)23-16-4-6-17(7-5-16)25-11-9-22-14-25/h4-11,14,18H,2-3,12-13H2,1H3,(H,23,26). The SMILES string of the molecule is Cc1ccn(CC2CCCO2)c(=O)c1C(=O)Nc1ccc(-n2ccnc2)cc1. The normalized spacial score (nSPS) is 16.2. The number of rotatable bonds is 5. The number of hydrogen-bond donors (Lipinski definition) is 1. The Bertz CT molecular complexity index is 1020. The topological polar surface area (TPSA) is 78.1 Å². The van der Waals surface area contributed by atoms with E-state index < -0.39 is 5.91 Å². The van der Waals surface area contributed by atoms with E-state index >= 15 is 0 Å². The maximum Gasteiger partial charge on any atom is 0.263 e.